The van der Waals surface area contributed by atoms with E-state index in [0.29, 0.717) is 18.9 Å². The number of ether oxygens (including phenoxy) is 1. The van der Waals surface area contributed by atoms with Gasteiger partial charge in [-0.05, 0) is 38.0 Å². The third kappa shape index (κ3) is 3.85. The predicted octanol–water partition coefficient (Wildman–Crippen LogP) is 3.32. The number of nitrogens with two attached hydrogens (primary N) is 1. The topological polar surface area (TPSA) is 47.3 Å². The fourth-order valence-electron chi connectivity index (χ4n) is 2.45. The molecule has 1 fully saturated rings. The lowest BCUT2D eigenvalue weighted by molar-refractivity contribution is -0.137. The highest BCUT2D eigenvalue weighted by atomic mass is 32.1. The summed E-state index contributed by atoms with van der Waals surface area (Å²) in [5.41, 5.74) is 4.70. The summed E-state index contributed by atoms with van der Waals surface area (Å²) in [6, 6.07) is 3.75. The van der Waals surface area contributed by atoms with Gasteiger partial charge in [0, 0.05) is 17.9 Å². The normalized spacial score (nSPS) is 22.9. The first-order valence-electron chi connectivity index (χ1n) is 6.58. The van der Waals surface area contributed by atoms with Crippen LogP contribution >= 0.6 is 12.2 Å². The van der Waals surface area contributed by atoms with Gasteiger partial charge >= 0.3 is 6.18 Å². The monoisotopic (exact) mass is 318 g/mol. The summed E-state index contributed by atoms with van der Waals surface area (Å²) in [6.07, 6.45) is -2.68. The largest absolute Gasteiger partial charge is 0.417 e. The lowest BCUT2D eigenvalue weighted by atomic mass is 9.94. The smallest absolute Gasteiger partial charge is 0.389 e. The molecule has 1 aliphatic heterocycles. The Balaban J connectivity index is 2.30. The molecule has 116 valence electrons. The molecule has 0 aromatic heterocycles. The van der Waals surface area contributed by atoms with Crippen molar-refractivity contribution in [2.75, 3.05) is 18.5 Å². The average Bonchev–Trinajstić information content (AvgIpc) is 2.37. The summed E-state index contributed by atoms with van der Waals surface area (Å²) in [6.45, 7) is 3.20. The molecular formula is C14H17F3N2OS. The number of thiocarbonyl (C=S) groups is 1. The zero-order valence-electron chi connectivity index (χ0n) is 11.6. The van der Waals surface area contributed by atoms with Crippen LogP contribution in [0.2, 0.25) is 0 Å². The number of anilines is 1. The van der Waals surface area contributed by atoms with Crippen LogP contribution in [-0.2, 0) is 10.9 Å². The van der Waals surface area contributed by atoms with Crippen LogP contribution < -0.4 is 11.1 Å². The van der Waals surface area contributed by atoms with Crippen LogP contribution in [0.3, 0.4) is 0 Å². The molecule has 0 radical (unpaired) electrons. The fraction of sp³-hybridized carbons (Fsp3) is 0.500. The summed E-state index contributed by atoms with van der Waals surface area (Å²) in [5.74, 6) is 0. The molecule has 1 aromatic rings. The average molecular weight is 318 g/mol. The summed E-state index contributed by atoms with van der Waals surface area (Å²) >= 11 is 4.74. The van der Waals surface area contributed by atoms with Crippen LogP contribution in [0.5, 0.6) is 0 Å². The van der Waals surface area contributed by atoms with Gasteiger partial charge in [-0.15, -0.1) is 0 Å². The molecule has 1 heterocycles. The summed E-state index contributed by atoms with van der Waals surface area (Å²) in [7, 11) is 0. The molecule has 0 amide bonds. The van der Waals surface area contributed by atoms with E-state index >= 15 is 0 Å². The first kappa shape index (κ1) is 16.0. The second kappa shape index (κ2) is 5.81. The van der Waals surface area contributed by atoms with E-state index < -0.39 is 11.7 Å². The minimum atomic E-state index is -4.48. The number of hydrogen-bond donors (Lipinski definition) is 2. The molecule has 7 heteroatoms. The van der Waals surface area contributed by atoms with Crippen LogP contribution in [0.4, 0.5) is 18.9 Å². The molecular weight excluding hydrogens is 301 g/mol. The number of benzene rings is 1. The minimum Gasteiger partial charge on any atom is -0.389 e. The molecule has 1 unspecified atom stereocenters. The van der Waals surface area contributed by atoms with Crippen LogP contribution in [0.15, 0.2) is 18.2 Å². The van der Waals surface area contributed by atoms with Gasteiger partial charge < -0.3 is 15.8 Å². The third-order valence-electron chi connectivity index (χ3n) is 3.47. The molecule has 0 spiro atoms. The highest BCUT2D eigenvalue weighted by Gasteiger charge is 2.34. The van der Waals surface area contributed by atoms with E-state index in [2.05, 4.69) is 5.32 Å². The lowest BCUT2D eigenvalue weighted by Gasteiger charge is -2.35. The zero-order valence-corrected chi connectivity index (χ0v) is 12.4. The highest BCUT2D eigenvalue weighted by molar-refractivity contribution is 7.80. The molecule has 0 bridgehead atoms. The van der Waals surface area contributed by atoms with Crippen molar-refractivity contribution in [3.8, 4) is 0 Å². The van der Waals surface area contributed by atoms with Gasteiger partial charge in [-0.1, -0.05) is 12.2 Å². The van der Waals surface area contributed by atoms with Gasteiger partial charge in [0.25, 0.3) is 0 Å². The Labute approximate surface area is 126 Å². The van der Waals surface area contributed by atoms with E-state index in [1.807, 2.05) is 6.92 Å². The number of rotatable bonds is 3. The maximum absolute atomic E-state index is 12.9. The van der Waals surface area contributed by atoms with E-state index in [1.54, 1.807) is 0 Å². The van der Waals surface area contributed by atoms with Crippen molar-refractivity contribution in [1.29, 1.82) is 0 Å². The molecule has 0 aliphatic carbocycles. The Kier molecular flexibility index (Phi) is 4.43. The maximum Gasteiger partial charge on any atom is 0.417 e. The fourth-order valence-corrected chi connectivity index (χ4v) is 2.62. The standard InChI is InChI=1S/C14H17F3N2OS/c1-13(5-2-6-20-8-13)19-9-3-4-11(14(15,16)17)10(7-9)12(18)21/h3-4,7,19H,2,5-6,8H2,1H3,(H2,18,21). The molecule has 1 atom stereocenters. The van der Waals surface area contributed by atoms with Crippen molar-refractivity contribution < 1.29 is 17.9 Å². The predicted molar refractivity (Wildman–Crippen MR) is 79.4 cm³/mol. The molecule has 1 aliphatic rings. The second-order valence-corrected chi connectivity index (χ2v) is 5.90. The van der Waals surface area contributed by atoms with Crippen molar-refractivity contribution in [1.82, 2.24) is 0 Å². The van der Waals surface area contributed by atoms with Crippen molar-refractivity contribution in [2.24, 2.45) is 5.73 Å². The van der Waals surface area contributed by atoms with Gasteiger partial charge in [0.1, 0.15) is 4.99 Å². The van der Waals surface area contributed by atoms with Crippen LogP contribution in [0.25, 0.3) is 0 Å². The Bertz CT molecular complexity index is 540. The van der Waals surface area contributed by atoms with Gasteiger partial charge in [0.15, 0.2) is 0 Å². The van der Waals surface area contributed by atoms with Crippen molar-refractivity contribution in [2.45, 2.75) is 31.5 Å². The summed E-state index contributed by atoms with van der Waals surface area (Å²) in [4.78, 5) is -0.268. The third-order valence-corrected chi connectivity index (χ3v) is 3.69. The highest BCUT2D eigenvalue weighted by Crippen LogP contribution is 2.34. The Hall–Kier alpha value is -1.34. The van der Waals surface area contributed by atoms with Crippen LogP contribution in [0.1, 0.15) is 30.9 Å². The van der Waals surface area contributed by atoms with Crippen molar-refractivity contribution in [3.63, 3.8) is 0 Å². The Morgan fingerprint density at radius 3 is 2.67 bits per heavy atom. The molecule has 1 aromatic carbocycles. The molecule has 0 saturated carbocycles. The summed E-state index contributed by atoms with van der Waals surface area (Å²) < 4.78 is 44.2. The van der Waals surface area contributed by atoms with Gasteiger partial charge in [0.05, 0.1) is 17.7 Å². The SMILES string of the molecule is CC1(Nc2ccc(C(F)(F)F)c(C(N)=S)c2)CCCOC1. The minimum absolute atomic E-state index is 0.164. The number of nitrogens with one attached hydrogen (secondary N) is 1. The van der Waals surface area contributed by atoms with Crippen LogP contribution in [0, 0.1) is 0 Å². The quantitative estimate of drug-likeness (QED) is 0.839. The summed E-state index contributed by atoms with van der Waals surface area (Å²) in [5, 5.41) is 3.22. The molecule has 1 saturated heterocycles. The van der Waals surface area contributed by atoms with Crippen LogP contribution in [-0.4, -0.2) is 23.7 Å². The second-order valence-electron chi connectivity index (χ2n) is 5.46. The van der Waals surface area contributed by atoms with Gasteiger partial charge in [-0.25, -0.2) is 0 Å². The Morgan fingerprint density at radius 2 is 2.14 bits per heavy atom. The first-order chi connectivity index (χ1) is 9.71. The Morgan fingerprint density at radius 1 is 1.43 bits per heavy atom. The number of halogens is 3. The molecule has 3 N–H and O–H groups in total. The van der Waals surface area contributed by atoms with Crippen molar-refractivity contribution >= 4 is 22.9 Å². The van der Waals surface area contributed by atoms with E-state index in [4.69, 9.17) is 22.7 Å². The first-order valence-corrected chi connectivity index (χ1v) is 6.99. The molecule has 21 heavy (non-hydrogen) atoms. The molecule has 2 rings (SSSR count). The molecule has 3 nitrogen and oxygen atoms in total. The lowest BCUT2D eigenvalue weighted by Crippen LogP contribution is -2.43. The van der Waals surface area contributed by atoms with E-state index in [1.165, 1.54) is 12.1 Å². The van der Waals surface area contributed by atoms with E-state index in [0.717, 1.165) is 18.9 Å². The number of alkyl halides is 3. The van der Waals surface area contributed by atoms with Gasteiger partial charge in [0.2, 0.25) is 0 Å². The van der Waals surface area contributed by atoms with Gasteiger partial charge in [-0.3, -0.25) is 0 Å². The van der Waals surface area contributed by atoms with Gasteiger partial charge in [-0.2, -0.15) is 13.2 Å². The maximum atomic E-state index is 12.9. The van der Waals surface area contributed by atoms with E-state index in [9.17, 15) is 13.2 Å². The van der Waals surface area contributed by atoms with E-state index in [-0.39, 0.29) is 16.1 Å². The van der Waals surface area contributed by atoms with Crippen molar-refractivity contribution in [3.05, 3.63) is 29.3 Å². The zero-order chi connectivity index (χ0) is 15.7. The number of hydrogen-bond acceptors (Lipinski definition) is 3.